The number of ether oxygens (including phenoxy) is 2. The Labute approximate surface area is 130 Å². The fourth-order valence-corrected chi connectivity index (χ4v) is 1.87. The van der Waals surface area contributed by atoms with E-state index in [1.165, 1.54) is 0 Å². The van der Waals surface area contributed by atoms with E-state index in [0.717, 1.165) is 12.0 Å². The molecule has 2 aromatic rings. The first kappa shape index (κ1) is 16.6. The summed E-state index contributed by atoms with van der Waals surface area (Å²) in [5.74, 6) is 2.08. The zero-order chi connectivity index (χ0) is 13.7. The van der Waals surface area contributed by atoms with Crippen molar-refractivity contribution in [1.29, 1.82) is 0 Å². The lowest BCUT2D eigenvalue weighted by atomic mass is 10.1. The van der Waals surface area contributed by atoms with Crippen LogP contribution in [0.3, 0.4) is 0 Å². The predicted octanol–water partition coefficient (Wildman–Crippen LogP) is 4.06. The van der Waals surface area contributed by atoms with Gasteiger partial charge in [0.2, 0.25) is 0 Å². The van der Waals surface area contributed by atoms with Gasteiger partial charge < -0.3 is 15.2 Å². The maximum absolute atomic E-state index is 5.84. The van der Waals surface area contributed by atoms with E-state index in [0.29, 0.717) is 28.8 Å². The zero-order valence-corrected chi connectivity index (χ0v) is 12.7. The van der Waals surface area contributed by atoms with Crippen LogP contribution in [0.1, 0.15) is 5.56 Å². The quantitative estimate of drug-likeness (QED) is 0.905. The first-order valence-corrected chi connectivity index (χ1v) is 6.41. The van der Waals surface area contributed by atoms with Crippen LogP contribution < -0.4 is 15.2 Å². The Morgan fingerprint density at radius 2 is 1.75 bits per heavy atom. The van der Waals surface area contributed by atoms with Gasteiger partial charge in [0.25, 0.3) is 0 Å². The van der Waals surface area contributed by atoms with E-state index in [1.807, 2.05) is 30.3 Å². The largest absolute Gasteiger partial charge is 0.493 e. The van der Waals surface area contributed by atoms with Crippen molar-refractivity contribution in [3.63, 3.8) is 0 Å². The SMILES string of the molecule is COc1cc(CCN)ccc1Oc1ccc(Cl)cc1.Cl. The van der Waals surface area contributed by atoms with Crippen LogP contribution in [-0.2, 0) is 6.42 Å². The fraction of sp³-hybridized carbons (Fsp3) is 0.200. The topological polar surface area (TPSA) is 44.5 Å². The molecule has 0 fully saturated rings. The van der Waals surface area contributed by atoms with Crippen molar-refractivity contribution in [3.05, 3.63) is 53.1 Å². The fourth-order valence-electron chi connectivity index (χ4n) is 1.75. The first-order chi connectivity index (χ1) is 9.22. The van der Waals surface area contributed by atoms with Gasteiger partial charge in [-0.25, -0.2) is 0 Å². The maximum Gasteiger partial charge on any atom is 0.169 e. The number of hydrogen-bond donors (Lipinski definition) is 1. The summed E-state index contributed by atoms with van der Waals surface area (Å²) < 4.78 is 11.1. The Morgan fingerprint density at radius 1 is 1.05 bits per heavy atom. The first-order valence-electron chi connectivity index (χ1n) is 6.03. The summed E-state index contributed by atoms with van der Waals surface area (Å²) in [6.07, 6.45) is 0.817. The summed E-state index contributed by atoms with van der Waals surface area (Å²) >= 11 is 5.84. The van der Waals surface area contributed by atoms with E-state index in [9.17, 15) is 0 Å². The molecule has 0 amide bonds. The van der Waals surface area contributed by atoms with Crippen molar-refractivity contribution in [3.8, 4) is 17.2 Å². The Kier molecular flexibility index (Phi) is 6.65. The number of halogens is 2. The number of benzene rings is 2. The van der Waals surface area contributed by atoms with E-state index in [2.05, 4.69) is 0 Å². The molecule has 5 heteroatoms. The second kappa shape index (κ2) is 8.00. The van der Waals surface area contributed by atoms with Gasteiger partial charge in [0, 0.05) is 5.02 Å². The van der Waals surface area contributed by atoms with Gasteiger partial charge in [-0.15, -0.1) is 12.4 Å². The molecule has 0 aliphatic rings. The Bertz CT molecular complexity index is 544. The highest BCUT2D eigenvalue weighted by Crippen LogP contribution is 2.32. The minimum absolute atomic E-state index is 0. The molecule has 0 aliphatic heterocycles. The third-order valence-corrected chi connectivity index (χ3v) is 2.95. The molecule has 0 atom stereocenters. The standard InChI is InChI=1S/C15H16ClNO2.ClH/c1-18-15-10-11(8-9-17)2-7-14(15)19-13-5-3-12(16)4-6-13;/h2-7,10H,8-9,17H2,1H3;1H. The second-order valence-electron chi connectivity index (χ2n) is 4.08. The molecule has 0 radical (unpaired) electrons. The maximum atomic E-state index is 5.84. The van der Waals surface area contributed by atoms with Gasteiger partial charge in [-0.2, -0.15) is 0 Å². The molecule has 108 valence electrons. The van der Waals surface area contributed by atoms with Crippen LogP contribution in [-0.4, -0.2) is 13.7 Å². The van der Waals surface area contributed by atoms with Crippen LogP contribution in [0, 0.1) is 0 Å². The van der Waals surface area contributed by atoms with Crippen LogP contribution in [0.25, 0.3) is 0 Å². The molecule has 2 N–H and O–H groups in total. The van der Waals surface area contributed by atoms with Crippen molar-refractivity contribution in [2.45, 2.75) is 6.42 Å². The molecular weight excluding hydrogens is 297 g/mol. The van der Waals surface area contributed by atoms with E-state index >= 15 is 0 Å². The lowest BCUT2D eigenvalue weighted by Gasteiger charge is -2.11. The smallest absolute Gasteiger partial charge is 0.169 e. The van der Waals surface area contributed by atoms with Gasteiger partial charge in [-0.3, -0.25) is 0 Å². The molecule has 3 nitrogen and oxygen atoms in total. The number of rotatable bonds is 5. The molecule has 0 heterocycles. The molecule has 0 aromatic heterocycles. The number of nitrogens with two attached hydrogens (primary N) is 1. The van der Waals surface area contributed by atoms with Crippen molar-refractivity contribution >= 4 is 24.0 Å². The van der Waals surface area contributed by atoms with E-state index in [-0.39, 0.29) is 12.4 Å². The van der Waals surface area contributed by atoms with Gasteiger partial charge >= 0.3 is 0 Å². The second-order valence-corrected chi connectivity index (χ2v) is 4.52. The average molecular weight is 314 g/mol. The van der Waals surface area contributed by atoms with Gasteiger partial charge in [0.05, 0.1) is 7.11 Å². The molecule has 0 saturated heterocycles. The molecule has 20 heavy (non-hydrogen) atoms. The lowest BCUT2D eigenvalue weighted by Crippen LogP contribution is -2.03. The summed E-state index contributed by atoms with van der Waals surface area (Å²) in [4.78, 5) is 0. The van der Waals surface area contributed by atoms with Gasteiger partial charge in [-0.1, -0.05) is 17.7 Å². The highest BCUT2D eigenvalue weighted by Gasteiger charge is 2.07. The van der Waals surface area contributed by atoms with Gasteiger partial charge in [0.1, 0.15) is 5.75 Å². The number of methoxy groups -OCH3 is 1. The monoisotopic (exact) mass is 313 g/mol. The van der Waals surface area contributed by atoms with Crippen LogP contribution >= 0.6 is 24.0 Å². The highest BCUT2D eigenvalue weighted by molar-refractivity contribution is 6.30. The van der Waals surface area contributed by atoms with E-state index in [4.69, 9.17) is 26.8 Å². The summed E-state index contributed by atoms with van der Waals surface area (Å²) in [7, 11) is 1.62. The van der Waals surface area contributed by atoms with Crippen molar-refractivity contribution in [1.82, 2.24) is 0 Å². The minimum Gasteiger partial charge on any atom is -0.493 e. The molecular formula is C15H17Cl2NO2. The summed E-state index contributed by atoms with van der Waals surface area (Å²) in [5, 5.41) is 0.678. The van der Waals surface area contributed by atoms with Crippen LogP contribution in [0.15, 0.2) is 42.5 Å². The average Bonchev–Trinajstić information content (AvgIpc) is 2.43. The predicted molar refractivity (Wildman–Crippen MR) is 84.5 cm³/mol. The lowest BCUT2D eigenvalue weighted by molar-refractivity contribution is 0.378. The Hall–Kier alpha value is -1.42. The molecule has 2 aromatic carbocycles. The number of hydrogen-bond acceptors (Lipinski definition) is 3. The summed E-state index contributed by atoms with van der Waals surface area (Å²) in [6, 6.07) is 13.0. The highest BCUT2D eigenvalue weighted by atomic mass is 35.5. The van der Waals surface area contributed by atoms with Crippen molar-refractivity contribution in [2.75, 3.05) is 13.7 Å². The molecule has 0 aliphatic carbocycles. The summed E-state index contributed by atoms with van der Waals surface area (Å²) in [5.41, 5.74) is 6.67. The van der Waals surface area contributed by atoms with Crippen molar-refractivity contribution in [2.24, 2.45) is 5.73 Å². The van der Waals surface area contributed by atoms with E-state index < -0.39 is 0 Å². The van der Waals surface area contributed by atoms with Crippen LogP contribution in [0.5, 0.6) is 17.2 Å². The third-order valence-electron chi connectivity index (χ3n) is 2.70. The third kappa shape index (κ3) is 4.30. The molecule has 0 spiro atoms. The van der Waals surface area contributed by atoms with Crippen LogP contribution in [0.2, 0.25) is 5.02 Å². The summed E-state index contributed by atoms with van der Waals surface area (Å²) in [6.45, 7) is 0.612. The van der Waals surface area contributed by atoms with Gasteiger partial charge in [0.15, 0.2) is 11.5 Å². The molecule has 0 unspecified atom stereocenters. The molecule has 0 bridgehead atoms. The Balaban J connectivity index is 0.00000200. The normalized spacial score (nSPS) is 9.75. The molecule has 0 saturated carbocycles. The molecule has 2 rings (SSSR count). The van der Waals surface area contributed by atoms with Crippen molar-refractivity contribution < 1.29 is 9.47 Å². The van der Waals surface area contributed by atoms with Crippen LogP contribution in [0.4, 0.5) is 0 Å². The van der Waals surface area contributed by atoms with E-state index in [1.54, 1.807) is 19.2 Å². The van der Waals surface area contributed by atoms with Gasteiger partial charge in [-0.05, 0) is 54.9 Å². The Morgan fingerprint density at radius 3 is 2.35 bits per heavy atom. The zero-order valence-electron chi connectivity index (χ0n) is 11.1. The minimum atomic E-state index is 0.